The van der Waals surface area contributed by atoms with E-state index in [1.165, 1.54) is 7.11 Å². The van der Waals surface area contributed by atoms with Crippen LogP contribution in [-0.4, -0.2) is 50.9 Å². The molecule has 1 aliphatic carbocycles. The number of hydrogen-bond donors (Lipinski definition) is 1. The molecule has 0 aromatic heterocycles. The third kappa shape index (κ3) is 5.07. The van der Waals surface area contributed by atoms with E-state index in [4.69, 9.17) is 9.47 Å². The van der Waals surface area contributed by atoms with Crippen molar-refractivity contribution in [1.82, 2.24) is 4.90 Å². The number of nitrogens with zero attached hydrogens (tertiary/aromatic N) is 1. The third-order valence-corrected chi connectivity index (χ3v) is 7.54. The van der Waals surface area contributed by atoms with Crippen LogP contribution in [0.5, 0.6) is 11.5 Å². The van der Waals surface area contributed by atoms with Gasteiger partial charge in [-0.1, -0.05) is 12.1 Å². The standard InChI is InChI=1S/C24H27BrN2O6S/c1-4-33-20-11-15(8-10-19(20)32-2)18(13-34(3,30)31)27-12-16-7-9-17(25)22(21(16)24(27)29)26-23(28)14-5-6-14/h7-11,14,18H,4-6,12-13H2,1-3H3,(H,26,28)/t18-/m1/s1. The summed E-state index contributed by atoms with van der Waals surface area (Å²) >= 11 is 3.46. The SMILES string of the molecule is CCOc1cc([C@@H](CS(C)(=O)=O)N2Cc3ccc(Br)c(NC(=O)C4CC4)c3C2=O)ccc1OC. The fourth-order valence-electron chi connectivity index (χ4n) is 4.16. The highest BCUT2D eigenvalue weighted by molar-refractivity contribution is 9.10. The summed E-state index contributed by atoms with van der Waals surface area (Å²) in [7, 11) is -1.92. The molecule has 1 atom stereocenters. The minimum atomic E-state index is -3.45. The van der Waals surface area contributed by atoms with E-state index in [1.807, 2.05) is 13.0 Å². The molecule has 34 heavy (non-hydrogen) atoms. The summed E-state index contributed by atoms with van der Waals surface area (Å²) in [5.41, 5.74) is 2.18. The molecule has 4 rings (SSSR count). The number of rotatable bonds is 9. The van der Waals surface area contributed by atoms with Gasteiger partial charge >= 0.3 is 0 Å². The third-order valence-electron chi connectivity index (χ3n) is 5.96. The van der Waals surface area contributed by atoms with Crippen LogP contribution in [0.15, 0.2) is 34.8 Å². The lowest BCUT2D eigenvalue weighted by atomic mass is 10.1. The van der Waals surface area contributed by atoms with Crippen molar-refractivity contribution in [2.75, 3.05) is 31.0 Å². The number of ether oxygens (including phenoxy) is 2. The Morgan fingerprint density at radius 3 is 2.59 bits per heavy atom. The Balaban J connectivity index is 1.73. The first-order chi connectivity index (χ1) is 16.1. The highest BCUT2D eigenvalue weighted by Gasteiger charge is 2.39. The molecule has 10 heteroatoms. The van der Waals surface area contributed by atoms with Crippen LogP contribution in [0.25, 0.3) is 0 Å². The zero-order chi connectivity index (χ0) is 24.6. The number of nitrogens with one attached hydrogen (secondary N) is 1. The maximum absolute atomic E-state index is 13.7. The molecule has 1 fully saturated rings. The molecule has 1 aliphatic heterocycles. The first kappa shape index (κ1) is 24.5. The largest absolute Gasteiger partial charge is 0.493 e. The van der Waals surface area contributed by atoms with Gasteiger partial charge in [0.25, 0.3) is 5.91 Å². The molecule has 0 saturated heterocycles. The summed E-state index contributed by atoms with van der Waals surface area (Å²) in [5, 5.41) is 2.90. The van der Waals surface area contributed by atoms with Crippen molar-refractivity contribution in [3.05, 3.63) is 51.5 Å². The molecular weight excluding hydrogens is 524 g/mol. The number of hydrogen-bond acceptors (Lipinski definition) is 6. The maximum Gasteiger partial charge on any atom is 0.257 e. The number of fused-ring (bicyclic) bond motifs is 1. The molecule has 2 aliphatic rings. The second-order valence-corrected chi connectivity index (χ2v) is 11.6. The highest BCUT2D eigenvalue weighted by atomic mass is 79.9. The van der Waals surface area contributed by atoms with E-state index >= 15 is 0 Å². The van der Waals surface area contributed by atoms with Gasteiger partial charge in [-0.3, -0.25) is 9.59 Å². The first-order valence-electron chi connectivity index (χ1n) is 11.0. The number of carbonyl (C=O) groups excluding carboxylic acids is 2. The lowest BCUT2D eigenvalue weighted by molar-refractivity contribution is -0.117. The monoisotopic (exact) mass is 550 g/mol. The van der Waals surface area contributed by atoms with Gasteiger partial charge in [-0.2, -0.15) is 0 Å². The topological polar surface area (TPSA) is 102 Å². The van der Waals surface area contributed by atoms with Crippen molar-refractivity contribution in [2.45, 2.75) is 32.4 Å². The summed E-state index contributed by atoms with van der Waals surface area (Å²) in [6.07, 6.45) is 2.84. The van der Waals surface area contributed by atoms with Gasteiger partial charge in [0.1, 0.15) is 9.84 Å². The smallest absolute Gasteiger partial charge is 0.257 e. The Morgan fingerprint density at radius 1 is 1.24 bits per heavy atom. The van der Waals surface area contributed by atoms with Gasteiger partial charge in [-0.15, -0.1) is 0 Å². The minimum absolute atomic E-state index is 0.0235. The Kier molecular flexibility index (Phi) is 6.91. The van der Waals surface area contributed by atoms with Crippen molar-refractivity contribution in [1.29, 1.82) is 0 Å². The summed E-state index contributed by atoms with van der Waals surface area (Å²) in [6.45, 7) is 2.47. The predicted octanol–water partition coefficient (Wildman–Crippen LogP) is 3.95. The van der Waals surface area contributed by atoms with E-state index in [-0.39, 0.29) is 30.0 Å². The van der Waals surface area contributed by atoms with Crippen molar-refractivity contribution in [3.63, 3.8) is 0 Å². The minimum Gasteiger partial charge on any atom is -0.493 e. The van der Waals surface area contributed by atoms with E-state index in [0.29, 0.717) is 39.4 Å². The van der Waals surface area contributed by atoms with Gasteiger partial charge in [0.15, 0.2) is 11.5 Å². The number of amides is 2. The molecule has 8 nitrogen and oxygen atoms in total. The lowest BCUT2D eigenvalue weighted by Crippen LogP contribution is -2.34. The maximum atomic E-state index is 13.7. The van der Waals surface area contributed by atoms with Crippen LogP contribution in [0.4, 0.5) is 5.69 Å². The molecule has 0 spiro atoms. The average Bonchev–Trinajstić information content (AvgIpc) is 3.58. The Labute approximate surface area is 207 Å². The normalized spacial score (nSPS) is 16.2. The molecule has 2 amide bonds. The molecule has 182 valence electrons. The van der Waals surface area contributed by atoms with Gasteiger partial charge in [0.2, 0.25) is 5.91 Å². The van der Waals surface area contributed by atoms with Crippen LogP contribution < -0.4 is 14.8 Å². The van der Waals surface area contributed by atoms with Crippen LogP contribution in [-0.2, 0) is 21.2 Å². The molecule has 2 aromatic rings. The van der Waals surface area contributed by atoms with Gasteiger partial charge in [0, 0.05) is 23.2 Å². The Hall–Kier alpha value is -2.59. The van der Waals surface area contributed by atoms with Crippen molar-refractivity contribution < 1.29 is 27.5 Å². The van der Waals surface area contributed by atoms with Gasteiger partial charge in [0.05, 0.1) is 36.8 Å². The van der Waals surface area contributed by atoms with Crippen molar-refractivity contribution in [2.24, 2.45) is 5.92 Å². The molecule has 0 bridgehead atoms. The van der Waals surface area contributed by atoms with Crippen molar-refractivity contribution >= 4 is 43.3 Å². The van der Waals surface area contributed by atoms with Crippen LogP contribution >= 0.6 is 15.9 Å². The van der Waals surface area contributed by atoms with Crippen LogP contribution in [0.2, 0.25) is 0 Å². The second-order valence-electron chi connectivity index (χ2n) is 8.60. The quantitative estimate of drug-likeness (QED) is 0.507. The number of carbonyl (C=O) groups is 2. The molecule has 1 N–H and O–H groups in total. The zero-order valence-corrected chi connectivity index (χ0v) is 21.7. The number of methoxy groups -OCH3 is 1. The summed E-state index contributed by atoms with van der Waals surface area (Å²) in [5.74, 6) is 0.285. The fraction of sp³-hybridized carbons (Fsp3) is 0.417. The summed E-state index contributed by atoms with van der Waals surface area (Å²) < 4.78 is 36.4. The Bertz CT molecular complexity index is 1240. The zero-order valence-electron chi connectivity index (χ0n) is 19.3. The fourth-order valence-corrected chi connectivity index (χ4v) is 5.54. The molecule has 0 radical (unpaired) electrons. The van der Waals surface area contributed by atoms with E-state index in [0.717, 1.165) is 24.7 Å². The summed E-state index contributed by atoms with van der Waals surface area (Å²) in [6, 6.07) is 8.05. The number of anilines is 1. The first-order valence-corrected chi connectivity index (χ1v) is 13.9. The number of sulfone groups is 1. The van der Waals surface area contributed by atoms with Crippen LogP contribution in [0, 0.1) is 5.92 Å². The number of halogens is 1. The van der Waals surface area contributed by atoms with E-state index in [2.05, 4.69) is 21.2 Å². The van der Waals surface area contributed by atoms with Crippen LogP contribution in [0.3, 0.4) is 0 Å². The van der Waals surface area contributed by atoms with Gasteiger partial charge < -0.3 is 19.7 Å². The van der Waals surface area contributed by atoms with E-state index in [1.54, 1.807) is 29.2 Å². The molecule has 1 heterocycles. The Morgan fingerprint density at radius 2 is 1.97 bits per heavy atom. The van der Waals surface area contributed by atoms with E-state index in [9.17, 15) is 18.0 Å². The predicted molar refractivity (Wildman–Crippen MR) is 132 cm³/mol. The summed E-state index contributed by atoms with van der Waals surface area (Å²) in [4.78, 5) is 27.7. The number of benzene rings is 2. The van der Waals surface area contributed by atoms with Crippen LogP contribution in [0.1, 0.15) is 47.3 Å². The van der Waals surface area contributed by atoms with Gasteiger partial charge in [-0.25, -0.2) is 8.42 Å². The van der Waals surface area contributed by atoms with Gasteiger partial charge in [-0.05, 0) is 65.0 Å². The molecule has 1 saturated carbocycles. The van der Waals surface area contributed by atoms with E-state index < -0.39 is 15.9 Å². The highest BCUT2D eigenvalue weighted by Crippen LogP contribution is 2.41. The molecule has 0 unspecified atom stereocenters. The average molecular weight is 551 g/mol. The van der Waals surface area contributed by atoms with Crippen molar-refractivity contribution in [3.8, 4) is 11.5 Å². The lowest BCUT2D eigenvalue weighted by Gasteiger charge is -2.28. The molecular formula is C24H27BrN2O6S. The second kappa shape index (κ2) is 9.58. The molecule has 2 aromatic carbocycles.